The number of rotatable bonds is 9. The minimum absolute atomic E-state index is 0.0567. The number of amides is 1. The predicted octanol–water partition coefficient (Wildman–Crippen LogP) is 3.32. The van der Waals surface area contributed by atoms with Crippen LogP contribution in [0.1, 0.15) is 26.3 Å². The topological polar surface area (TPSA) is 58.8 Å². The maximum atomic E-state index is 13.3. The molecule has 0 aliphatic heterocycles. The van der Waals surface area contributed by atoms with Crippen LogP contribution in [0.4, 0.5) is 10.3 Å². The van der Waals surface area contributed by atoms with Gasteiger partial charge >= 0.3 is 0 Å². The molecule has 0 radical (unpaired) electrons. The minimum Gasteiger partial charge on any atom is -0.383 e. The lowest BCUT2D eigenvalue weighted by Gasteiger charge is -2.23. The van der Waals surface area contributed by atoms with E-state index in [0.29, 0.717) is 31.3 Å². The highest BCUT2D eigenvalue weighted by Gasteiger charge is 2.24. The molecule has 0 aliphatic carbocycles. The van der Waals surface area contributed by atoms with Gasteiger partial charge in [0.25, 0.3) is 0 Å². The van der Waals surface area contributed by atoms with Crippen molar-refractivity contribution in [1.29, 1.82) is 0 Å². The molecule has 26 heavy (non-hydrogen) atoms. The summed E-state index contributed by atoms with van der Waals surface area (Å²) in [4.78, 5) is 15.8. The van der Waals surface area contributed by atoms with Crippen molar-refractivity contribution in [3.8, 4) is 11.3 Å². The highest BCUT2D eigenvalue weighted by molar-refractivity contribution is 5.75. The van der Waals surface area contributed by atoms with Crippen LogP contribution in [0, 0.1) is 5.82 Å². The fourth-order valence-corrected chi connectivity index (χ4v) is 2.78. The van der Waals surface area contributed by atoms with Crippen LogP contribution >= 0.6 is 0 Å². The van der Waals surface area contributed by atoms with Crippen molar-refractivity contribution in [2.24, 2.45) is 0 Å². The Morgan fingerprint density at radius 1 is 1.23 bits per heavy atom. The summed E-state index contributed by atoms with van der Waals surface area (Å²) in [7, 11) is 1.60. The van der Waals surface area contributed by atoms with Crippen molar-refractivity contribution in [2.75, 3.05) is 38.3 Å². The third-order valence-electron chi connectivity index (χ3n) is 4.30. The third kappa shape index (κ3) is 4.60. The van der Waals surface area contributed by atoms with Crippen molar-refractivity contribution in [3.05, 3.63) is 35.6 Å². The van der Waals surface area contributed by atoms with Gasteiger partial charge in [-0.1, -0.05) is 5.16 Å². The summed E-state index contributed by atoms with van der Waals surface area (Å²) in [6.07, 6.45) is 0. The maximum absolute atomic E-state index is 13.3. The molecular formula is C19H26FN3O3. The summed E-state index contributed by atoms with van der Waals surface area (Å²) in [5, 5.41) is 4.22. The molecule has 6 nitrogen and oxygen atoms in total. The molecule has 0 unspecified atom stereocenters. The van der Waals surface area contributed by atoms with Gasteiger partial charge in [-0.15, -0.1) is 0 Å². The number of carbonyl (C=O) groups is 1. The van der Waals surface area contributed by atoms with Crippen LogP contribution in [-0.4, -0.2) is 49.3 Å². The van der Waals surface area contributed by atoms with Crippen LogP contribution in [-0.2, 0) is 16.1 Å². The van der Waals surface area contributed by atoms with E-state index in [1.807, 2.05) is 18.7 Å². The summed E-state index contributed by atoms with van der Waals surface area (Å²) in [5.41, 5.74) is 2.18. The Hall–Kier alpha value is -2.41. The summed E-state index contributed by atoms with van der Waals surface area (Å²) < 4.78 is 24.0. The summed E-state index contributed by atoms with van der Waals surface area (Å²) in [5.74, 6) is 0.269. The first-order valence-electron chi connectivity index (χ1n) is 8.75. The van der Waals surface area contributed by atoms with E-state index in [0.717, 1.165) is 24.2 Å². The molecule has 0 bridgehead atoms. The number of carbonyl (C=O) groups excluding carboxylic acids is 1. The quantitative estimate of drug-likeness (QED) is 0.684. The molecule has 0 atom stereocenters. The Labute approximate surface area is 153 Å². The Morgan fingerprint density at radius 3 is 2.42 bits per heavy atom. The second kappa shape index (κ2) is 9.33. The lowest BCUT2D eigenvalue weighted by molar-refractivity contribution is -0.130. The minimum atomic E-state index is -0.312. The SMILES string of the molecule is CCN(CC)c1onc(-c2ccc(F)cc2)c1CN(CCOC)C(C)=O. The number of anilines is 1. The number of nitrogens with zero attached hydrogens (tertiary/aromatic N) is 3. The fraction of sp³-hybridized carbons (Fsp3) is 0.474. The van der Waals surface area contributed by atoms with Gasteiger partial charge in [0.1, 0.15) is 11.5 Å². The van der Waals surface area contributed by atoms with Crippen LogP contribution in [0.2, 0.25) is 0 Å². The average Bonchev–Trinajstić information content (AvgIpc) is 3.03. The van der Waals surface area contributed by atoms with Crippen molar-refractivity contribution >= 4 is 11.8 Å². The number of halogens is 1. The number of methoxy groups -OCH3 is 1. The first kappa shape index (κ1) is 19.9. The van der Waals surface area contributed by atoms with Crippen molar-refractivity contribution in [2.45, 2.75) is 27.3 Å². The Morgan fingerprint density at radius 2 is 1.88 bits per heavy atom. The predicted molar refractivity (Wildman–Crippen MR) is 98.4 cm³/mol. The molecule has 7 heteroatoms. The molecule has 0 saturated carbocycles. The van der Waals surface area contributed by atoms with Crippen molar-refractivity contribution in [1.82, 2.24) is 10.1 Å². The normalized spacial score (nSPS) is 10.8. The first-order chi connectivity index (χ1) is 12.5. The Balaban J connectivity index is 2.45. The molecule has 0 N–H and O–H groups in total. The van der Waals surface area contributed by atoms with Gasteiger partial charge in [-0.3, -0.25) is 4.79 Å². The number of hydrogen-bond donors (Lipinski definition) is 0. The Kier molecular flexibility index (Phi) is 7.15. The van der Waals surface area contributed by atoms with Crippen LogP contribution in [0.15, 0.2) is 28.8 Å². The van der Waals surface area contributed by atoms with E-state index in [2.05, 4.69) is 5.16 Å². The molecule has 142 valence electrons. The second-order valence-electron chi connectivity index (χ2n) is 5.93. The highest BCUT2D eigenvalue weighted by Crippen LogP contribution is 2.32. The second-order valence-corrected chi connectivity index (χ2v) is 5.93. The van der Waals surface area contributed by atoms with Gasteiger partial charge in [-0.25, -0.2) is 4.39 Å². The molecule has 0 aliphatic rings. The van der Waals surface area contributed by atoms with Crippen LogP contribution in [0.5, 0.6) is 0 Å². The van der Waals surface area contributed by atoms with E-state index >= 15 is 0 Å². The van der Waals surface area contributed by atoms with E-state index < -0.39 is 0 Å². The van der Waals surface area contributed by atoms with Crippen LogP contribution in [0.25, 0.3) is 11.3 Å². The van der Waals surface area contributed by atoms with Gasteiger partial charge in [0, 0.05) is 39.2 Å². The van der Waals surface area contributed by atoms with Gasteiger partial charge < -0.3 is 19.1 Å². The molecule has 0 spiro atoms. The number of hydrogen-bond acceptors (Lipinski definition) is 5. The zero-order valence-corrected chi connectivity index (χ0v) is 15.8. The van der Waals surface area contributed by atoms with E-state index in [1.165, 1.54) is 19.1 Å². The highest BCUT2D eigenvalue weighted by atomic mass is 19.1. The molecular weight excluding hydrogens is 337 g/mol. The number of aromatic nitrogens is 1. The van der Waals surface area contributed by atoms with E-state index in [1.54, 1.807) is 24.1 Å². The van der Waals surface area contributed by atoms with E-state index in [9.17, 15) is 9.18 Å². The molecule has 1 amide bonds. The molecule has 2 aromatic rings. The lowest BCUT2D eigenvalue weighted by atomic mass is 10.1. The smallest absolute Gasteiger partial charge is 0.232 e. The first-order valence-corrected chi connectivity index (χ1v) is 8.75. The monoisotopic (exact) mass is 363 g/mol. The van der Waals surface area contributed by atoms with Gasteiger partial charge in [0.2, 0.25) is 11.8 Å². The molecule has 0 fully saturated rings. The lowest BCUT2D eigenvalue weighted by Crippen LogP contribution is -2.32. The summed E-state index contributed by atoms with van der Waals surface area (Å²) in [6.45, 7) is 8.34. The molecule has 1 aromatic heterocycles. The molecule has 0 saturated heterocycles. The summed E-state index contributed by atoms with van der Waals surface area (Å²) in [6, 6.07) is 6.10. The molecule has 2 rings (SSSR count). The third-order valence-corrected chi connectivity index (χ3v) is 4.30. The van der Waals surface area contributed by atoms with Crippen LogP contribution in [0.3, 0.4) is 0 Å². The van der Waals surface area contributed by atoms with Gasteiger partial charge in [0.15, 0.2) is 0 Å². The zero-order chi connectivity index (χ0) is 19.1. The largest absolute Gasteiger partial charge is 0.383 e. The van der Waals surface area contributed by atoms with Crippen LogP contribution < -0.4 is 4.90 Å². The zero-order valence-electron chi connectivity index (χ0n) is 15.8. The number of ether oxygens (including phenoxy) is 1. The van der Waals surface area contributed by atoms with E-state index in [-0.39, 0.29) is 11.7 Å². The van der Waals surface area contributed by atoms with Gasteiger partial charge in [-0.05, 0) is 38.1 Å². The standard InChI is InChI=1S/C19H26FN3O3/c1-5-22(6-2)19-17(13-23(14(3)24)11-12-25-4)18(21-26-19)15-7-9-16(20)10-8-15/h7-10H,5-6,11-13H2,1-4H3. The molecule has 1 heterocycles. The fourth-order valence-electron chi connectivity index (χ4n) is 2.78. The van der Waals surface area contributed by atoms with Gasteiger partial charge in [-0.2, -0.15) is 0 Å². The van der Waals surface area contributed by atoms with Gasteiger partial charge in [0.05, 0.1) is 18.7 Å². The van der Waals surface area contributed by atoms with Crippen molar-refractivity contribution < 1.29 is 18.4 Å². The van der Waals surface area contributed by atoms with E-state index in [4.69, 9.17) is 9.26 Å². The average molecular weight is 363 g/mol. The number of benzene rings is 1. The maximum Gasteiger partial charge on any atom is 0.232 e. The molecule has 1 aromatic carbocycles. The summed E-state index contributed by atoms with van der Waals surface area (Å²) >= 11 is 0. The Bertz CT molecular complexity index is 711. The van der Waals surface area contributed by atoms with Crippen molar-refractivity contribution in [3.63, 3.8) is 0 Å².